The molecule has 2 rings (SSSR count). The molecular formula is C17H31NO4. The molecule has 0 unspecified atom stereocenters. The second-order valence-corrected chi connectivity index (χ2v) is 7.81. The Labute approximate surface area is 133 Å². The van der Waals surface area contributed by atoms with Gasteiger partial charge in [0.15, 0.2) is 0 Å². The molecule has 128 valence electrons. The molecule has 0 radical (unpaired) electrons. The van der Waals surface area contributed by atoms with E-state index in [1.807, 2.05) is 25.7 Å². The van der Waals surface area contributed by atoms with Crippen LogP contribution in [0, 0.1) is 0 Å². The highest BCUT2D eigenvalue weighted by atomic mass is 16.6. The number of aliphatic hydroxyl groups is 2. The van der Waals surface area contributed by atoms with Gasteiger partial charge in [-0.3, -0.25) is 0 Å². The van der Waals surface area contributed by atoms with Crippen molar-refractivity contribution in [3.8, 4) is 0 Å². The Balaban J connectivity index is 2.08. The monoisotopic (exact) mass is 313 g/mol. The molecule has 2 fully saturated rings. The first-order valence-corrected chi connectivity index (χ1v) is 8.63. The number of carbonyl (C=O) groups excluding carboxylic acids is 1. The Morgan fingerprint density at radius 2 is 1.23 bits per heavy atom. The fourth-order valence-electron chi connectivity index (χ4n) is 3.58. The number of amides is 1. The molecule has 0 aliphatic heterocycles. The summed E-state index contributed by atoms with van der Waals surface area (Å²) in [6, 6.07) is 0.303. The maximum atomic E-state index is 12.7. The van der Waals surface area contributed by atoms with Crippen LogP contribution in [0.5, 0.6) is 0 Å². The molecular weight excluding hydrogens is 282 g/mol. The fraction of sp³-hybridized carbons (Fsp3) is 0.941. The molecule has 5 heteroatoms. The van der Waals surface area contributed by atoms with Gasteiger partial charge >= 0.3 is 6.09 Å². The van der Waals surface area contributed by atoms with Crippen molar-refractivity contribution in [3.05, 3.63) is 0 Å². The molecule has 1 amide bonds. The molecule has 0 aromatic rings. The first-order chi connectivity index (χ1) is 10.3. The number of hydrogen-bond donors (Lipinski definition) is 2. The molecule has 0 bridgehead atoms. The van der Waals surface area contributed by atoms with Crippen LogP contribution < -0.4 is 0 Å². The van der Waals surface area contributed by atoms with E-state index in [4.69, 9.17) is 4.74 Å². The van der Waals surface area contributed by atoms with E-state index in [1.54, 1.807) is 0 Å². The van der Waals surface area contributed by atoms with Gasteiger partial charge in [0.2, 0.25) is 0 Å². The zero-order valence-electron chi connectivity index (χ0n) is 14.1. The molecule has 22 heavy (non-hydrogen) atoms. The van der Waals surface area contributed by atoms with Crippen molar-refractivity contribution in [2.45, 2.75) is 102 Å². The molecule has 2 aliphatic carbocycles. The summed E-state index contributed by atoms with van der Waals surface area (Å²) >= 11 is 0. The van der Waals surface area contributed by atoms with Crippen LogP contribution in [-0.4, -0.2) is 51.1 Å². The maximum absolute atomic E-state index is 12.7. The van der Waals surface area contributed by atoms with E-state index >= 15 is 0 Å². The Morgan fingerprint density at radius 3 is 1.55 bits per heavy atom. The van der Waals surface area contributed by atoms with Gasteiger partial charge in [-0.05, 0) is 72.1 Å². The van der Waals surface area contributed by atoms with Gasteiger partial charge in [0.05, 0.1) is 12.2 Å². The van der Waals surface area contributed by atoms with E-state index in [2.05, 4.69) is 0 Å². The van der Waals surface area contributed by atoms with Gasteiger partial charge in [-0.15, -0.1) is 0 Å². The molecule has 2 N–H and O–H groups in total. The van der Waals surface area contributed by atoms with Crippen LogP contribution in [0.3, 0.4) is 0 Å². The minimum absolute atomic E-state index is 0.151. The zero-order valence-corrected chi connectivity index (χ0v) is 14.1. The van der Waals surface area contributed by atoms with Crippen LogP contribution in [0.15, 0.2) is 0 Å². The smallest absolute Gasteiger partial charge is 0.410 e. The Morgan fingerprint density at radius 1 is 0.864 bits per heavy atom. The van der Waals surface area contributed by atoms with Crippen molar-refractivity contribution < 1.29 is 19.7 Å². The Hall–Kier alpha value is -0.810. The second kappa shape index (κ2) is 7.18. The van der Waals surface area contributed by atoms with Gasteiger partial charge in [0, 0.05) is 12.1 Å². The van der Waals surface area contributed by atoms with E-state index in [0.717, 1.165) is 51.4 Å². The van der Waals surface area contributed by atoms with Gasteiger partial charge in [0.25, 0.3) is 0 Å². The van der Waals surface area contributed by atoms with E-state index in [-0.39, 0.29) is 30.4 Å². The Bertz CT molecular complexity index is 341. The summed E-state index contributed by atoms with van der Waals surface area (Å²) < 4.78 is 5.62. The molecule has 0 aromatic carbocycles. The molecule has 2 saturated carbocycles. The fourth-order valence-corrected chi connectivity index (χ4v) is 3.58. The number of aliphatic hydroxyl groups excluding tert-OH is 2. The summed E-state index contributed by atoms with van der Waals surface area (Å²) in [6.45, 7) is 5.66. The summed E-state index contributed by atoms with van der Waals surface area (Å²) in [6.07, 6.45) is 5.62. The lowest BCUT2D eigenvalue weighted by molar-refractivity contribution is -0.0193. The molecule has 0 atom stereocenters. The van der Waals surface area contributed by atoms with Crippen molar-refractivity contribution in [1.82, 2.24) is 4.90 Å². The highest BCUT2D eigenvalue weighted by molar-refractivity contribution is 5.69. The first kappa shape index (κ1) is 17.5. The molecule has 0 spiro atoms. The largest absolute Gasteiger partial charge is 0.444 e. The highest BCUT2D eigenvalue weighted by Crippen LogP contribution is 2.31. The number of hydrogen-bond acceptors (Lipinski definition) is 4. The van der Waals surface area contributed by atoms with Gasteiger partial charge < -0.3 is 19.8 Å². The minimum Gasteiger partial charge on any atom is -0.444 e. The molecule has 0 heterocycles. The normalized spacial score (nSPS) is 33.3. The summed E-state index contributed by atoms with van der Waals surface area (Å²) in [4.78, 5) is 14.6. The summed E-state index contributed by atoms with van der Waals surface area (Å²) in [5.74, 6) is 0. The summed E-state index contributed by atoms with van der Waals surface area (Å²) in [5, 5.41) is 19.4. The molecule has 2 aliphatic rings. The lowest BCUT2D eigenvalue weighted by atomic mass is 9.87. The lowest BCUT2D eigenvalue weighted by Crippen LogP contribution is -2.52. The maximum Gasteiger partial charge on any atom is 0.410 e. The number of carbonyl (C=O) groups is 1. The van der Waals surface area contributed by atoms with Crippen LogP contribution in [0.1, 0.15) is 72.1 Å². The van der Waals surface area contributed by atoms with E-state index in [9.17, 15) is 15.0 Å². The van der Waals surface area contributed by atoms with Crippen molar-refractivity contribution >= 4 is 6.09 Å². The van der Waals surface area contributed by atoms with Crippen LogP contribution in [0.2, 0.25) is 0 Å². The van der Waals surface area contributed by atoms with Gasteiger partial charge in [-0.1, -0.05) is 0 Å². The predicted molar refractivity (Wildman–Crippen MR) is 84.6 cm³/mol. The lowest BCUT2D eigenvalue weighted by Gasteiger charge is -2.43. The first-order valence-electron chi connectivity index (χ1n) is 8.63. The van der Waals surface area contributed by atoms with E-state index < -0.39 is 5.60 Å². The molecule has 0 saturated heterocycles. The Kier molecular flexibility index (Phi) is 5.72. The highest BCUT2D eigenvalue weighted by Gasteiger charge is 2.37. The summed E-state index contributed by atoms with van der Waals surface area (Å²) in [5.41, 5.74) is -0.502. The van der Waals surface area contributed by atoms with Crippen molar-refractivity contribution in [1.29, 1.82) is 0 Å². The third kappa shape index (κ3) is 4.85. The van der Waals surface area contributed by atoms with Gasteiger partial charge in [0.1, 0.15) is 5.60 Å². The van der Waals surface area contributed by atoms with Crippen LogP contribution in [0.25, 0.3) is 0 Å². The van der Waals surface area contributed by atoms with Crippen molar-refractivity contribution in [2.75, 3.05) is 0 Å². The average molecular weight is 313 g/mol. The quantitative estimate of drug-likeness (QED) is 0.822. The van der Waals surface area contributed by atoms with Crippen LogP contribution in [-0.2, 0) is 4.74 Å². The second-order valence-electron chi connectivity index (χ2n) is 7.81. The molecule has 0 aromatic heterocycles. The standard InChI is InChI=1S/C17H31NO4/c1-17(2,3)22-16(21)18(12-4-8-14(19)9-5-12)13-6-10-15(20)11-7-13/h12-15,19-20H,4-11H2,1-3H3. The molecule has 5 nitrogen and oxygen atoms in total. The van der Waals surface area contributed by atoms with E-state index in [0.29, 0.717) is 0 Å². The van der Waals surface area contributed by atoms with Crippen LogP contribution >= 0.6 is 0 Å². The van der Waals surface area contributed by atoms with Crippen molar-refractivity contribution in [3.63, 3.8) is 0 Å². The topological polar surface area (TPSA) is 70.0 Å². The number of nitrogens with zero attached hydrogens (tertiary/aromatic N) is 1. The van der Waals surface area contributed by atoms with Crippen molar-refractivity contribution in [2.24, 2.45) is 0 Å². The average Bonchev–Trinajstić information content (AvgIpc) is 2.41. The minimum atomic E-state index is -0.502. The number of rotatable bonds is 2. The summed E-state index contributed by atoms with van der Waals surface area (Å²) in [7, 11) is 0. The number of ether oxygens (including phenoxy) is 1. The van der Waals surface area contributed by atoms with Gasteiger partial charge in [-0.25, -0.2) is 4.79 Å². The SMILES string of the molecule is CC(C)(C)OC(=O)N(C1CCC(O)CC1)C1CCC(O)CC1. The van der Waals surface area contributed by atoms with Crippen LogP contribution in [0.4, 0.5) is 4.79 Å². The van der Waals surface area contributed by atoms with Gasteiger partial charge in [-0.2, -0.15) is 0 Å². The third-order valence-electron chi connectivity index (χ3n) is 4.72. The zero-order chi connectivity index (χ0) is 16.3. The predicted octanol–water partition coefficient (Wildman–Crippen LogP) is 2.83. The van der Waals surface area contributed by atoms with E-state index in [1.165, 1.54) is 0 Å². The third-order valence-corrected chi connectivity index (χ3v) is 4.72.